The lowest BCUT2D eigenvalue weighted by Gasteiger charge is -2.37. The molecule has 2 bridgehead atoms. The van der Waals surface area contributed by atoms with Crippen LogP contribution in [0.1, 0.15) is 36.0 Å². The highest BCUT2D eigenvalue weighted by molar-refractivity contribution is 7.23. The summed E-state index contributed by atoms with van der Waals surface area (Å²) in [6, 6.07) is 1.54. The summed E-state index contributed by atoms with van der Waals surface area (Å²) in [6.45, 7) is 1.19. The Morgan fingerprint density at radius 3 is 2.64 bits per heavy atom. The van der Waals surface area contributed by atoms with Gasteiger partial charge in [0.2, 0.25) is 0 Å². The molecule has 4 aliphatic rings. The molecule has 1 aromatic carbocycles. The Hall–Kier alpha value is -3.84. The number of ether oxygens (including phenoxy) is 2. The lowest BCUT2D eigenvalue weighted by Crippen LogP contribution is -2.52. The highest BCUT2D eigenvalue weighted by Gasteiger charge is 2.44. The van der Waals surface area contributed by atoms with Gasteiger partial charge in [-0.2, -0.15) is 15.2 Å². The molecule has 4 aromatic rings. The number of halogens is 4. The number of nitrogen functional groups attached to an aromatic ring is 1. The number of nitrogens with one attached hydrogen (secondary N) is 1. The van der Waals surface area contributed by atoms with E-state index in [1.165, 1.54) is 4.90 Å². The number of aromatic nitrogens is 3. The number of nitriles is 1. The van der Waals surface area contributed by atoms with Crippen LogP contribution in [-0.2, 0) is 18.0 Å². The summed E-state index contributed by atoms with van der Waals surface area (Å²) >= 11 is 0.902. The van der Waals surface area contributed by atoms with E-state index in [2.05, 4.69) is 20.2 Å². The zero-order chi connectivity index (χ0) is 31.2. The van der Waals surface area contributed by atoms with E-state index in [1.807, 2.05) is 6.07 Å². The number of anilines is 2. The van der Waals surface area contributed by atoms with Crippen LogP contribution in [0.5, 0.6) is 6.01 Å². The van der Waals surface area contributed by atoms with Crippen molar-refractivity contribution in [3.05, 3.63) is 34.5 Å². The number of hydrogen-bond acceptors (Lipinski definition) is 11. The van der Waals surface area contributed by atoms with E-state index in [-0.39, 0.29) is 88.3 Å². The summed E-state index contributed by atoms with van der Waals surface area (Å²) in [5.74, 6) is -3.74. The number of nitrogens with two attached hydrogens (primary N) is 1. The molecule has 3 atom stereocenters. The van der Waals surface area contributed by atoms with Crippen LogP contribution in [0, 0.1) is 23.0 Å². The van der Waals surface area contributed by atoms with Gasteiger partial charge >= 0.3 is 6.01 Å². The summed E-state index contributed by atoms with van der Waals surface area (Å²) in [4.78, 5) is 17.4. The van der Waals surface area contributed by atoms with E-state index in [0.717, 1.165) is 43.5 Å². The third-order valence-electron chi connectivity index (χ3n) is 9.47. The van der Waals surface area contributed by atoms with Crippen LogP contribution in [0.2, 0.25) is 0 Å². The number of rotatable bonds is 5. The van der Waals surface area contributed by atoms with Crippen molar-refractivity contribution in [2.24, 2.45) is 0 Å². The molecular formula is C30H28F4N8O2S. The topological polar surface area (TPSA) is 125 Å². The first-order valence-corrected chi connectivity index (χ1v) is 15.6. The number of piperazine rings is 1. The quantitative estimate of drug-likeness (QED) is 0.305. The summed E-state index contributed by atoms with van der Waals surface area (Å²) in [7, 11) is 1.61. The van der Waals surface area contributed by atoms with Gasteiger partial charge in [0.15, 0.2) is 11.6 Å². The standard InChI is InChI=1S/C30H28F4N8O2S/c1-41-12-30(33,34)4-15(41)9-44-29-39-25-22(28(40-29)42-13-2-3-14(42)7-37-6-13)18-11-43-10-17(18)20(23(25)32)24-21-16(5-35)27(36)45-26(21)19(31)8-38-24/h8,13-15,37H,2-4,6-7,9-12,36H2,1H3. The van der Waals surface area contributed by atoms with E-state index in [1.54, 1.807) is 7.05 Å². The predicted molar refractivity (Wildman–Crippen MR) is 159 cm³/mol. The van der Waals surface area contributed by atoms with Gasteiger partial charge in [0.1, 0.15) is 29.0 Å². The highest BCUT2D eigenvalue weighted by atomic mass is 32.1. The second-order valence-corrected chi connectivity index (χ2v) is 13.2. The Bertz CT molecular complexity index is 1910. The lowest BCUT2D eigenvalue weighted by molar-refractivity contribution is 0.0136. The van der Waals surface area contributed by atoms with Crippen LogP contribution < -0.4 is 20.7 Å². The minimum Gasteiger partial charge on any atom is -0.462 e. The molecule has 4 aliphatic heterocycles. The zero-order valence-electron chi connectivity index (χ0n) is 24.2. The van der Waals surface area contributed by atoms with Gasteiger partial charge in [0.05, 0.1) is 47.3 Å². The van der Waals surface area contributed by atoms with Crippen LogP contribution >= 0.6 is 11.3 Å². The van der Waals surface area contributed by atoms with Crippen molar-refractivity contribution >= 4 is 43.1 Å². The minimum absolute atomic E-state index is 0.0199. The van der Waals surface area contributed by atoms with Crippen molar-refractivity contribution in [3.63, 3.8) is 0 Å². The summed E-state index contributed by atoms with van der Waals surface area (Å²) in [5, 5.41) is 14.1. The highest BCUT2D eigenvalue weighted by Crippen LogP contribution is 2.48. The molecule has 8 rings (SSSR count). The van der Waals surface area contributed by atoms with Crippen LogP contribution in [0.4, 0.5) is 28.4 Å². The normalized spacial score (nSPS) is 24.1. The van der Waals surface area contributed by atoms with Crippen molar-refractivity contribution in [2.45, 2.75) is 56.5 Å². The van der Waals surface area contributed by atoms with Gasteiger partial charge in [0, 0.05) is 48.6 Å². The number of alkyl halides is 2. The van der Waals surface area contributed by atoms with Crippen molar-refractivity contribution in [3.8, 4) is 23.3 Å². The van der Waals surface area contributed by atoms with E-state index >= 15 is 4.39 Å². The number of fused-ring (bicyclic) bond motifs is 6. The zero-order valence-corrected chi connectivity index (χ0v) is 25.0. The van der Waals surface area contributed by atoms with Crippen molar-refractivity contribution in [2.75, 3.05) is 43.9 Å². The van der Waals surface area contributed by atoms with Crippen LogP contribution in [0.3, 0.4) is 0 Å². The summed E-state index contributed by atoms with van der Waals surface area (Å²) in [5.41, 5.74) is 7.36. The molecule has 3 aromatic heterocycles. The first-order chi connectivity index (χ1) is 21.6. The van der Waals surface area contributed by atoms with E-state index in [4.69, 9.17) is 20.2 Å². The third-order valence-corrected chi connectivity index (χ3v) is 10.5. The molecule has 3 fully saturated rings. The number of nitrogens with zero attached hydrogens (tertiary/aromatic N) is 6. The molecule has 3 N–H and O–H groups in total. The molecule has 234 valence electrons. The molecular weight excluding hydrogens is 612 g/mol. The number of thiophene rings is 1. The molecule has 0 saturated carbocycles. The molecule has 15 heteroatoms. The summed E-state index contributed by atoms with van der Waals surface area (Å²) < 4.78 is 72.2. The number of likely N-dealkylation sites (tertiary alicyclic amines) is 1. The van der Waals surface area contributed by atoms with Gasteiger partial charge in [-0.05, 0) is 31.0 Å². The van der Waals surface area contributed by atoms with Gasteiger partial charge in [-0.3, -0.25) is 9.88 Å². The number of benzene rings is 1. The first kappa shape index (κ1) is 28.6. The second-order valence-electron chi connectivity index (χ2n) is 12.2. The Morgan fingerprint density at radius 1 is 1.18 bits per heavy atom. The largest absolute Gasteiger partial charge is 0.462 e. The van der Waals surface area contributed by atoms with Gasteiger partial charge in [-0.1, -0.05) is 0 Å². The second kappa shape index (κ2) is 10.3. The molecule has 3 unspecified atom stereocenters. The number of likely N-dealkylation sites (N-methyl/N-ethyl adjacent to an activating group) is 1. The minimum atomic E-state index is -2.83. The van der Waals surface area contributed by atoms with Gasteiger partial charge in [0.25, 0.3) is 5.92 Å². The van der Waals surface area contributed by atoms with Gasteiger partial charge < -0.3 is 25.4 Å². The Labute approximate surface area is 258 Å². The molecule has 45 heavy (non-hydrogen) atoms. The van der Waals surface area contributed by atoms with E-state index in [0.29, 0.717) is 22.3 Å². The van der Waals surface area contributed by atoms with Crippen molar-refractivity contribution in [1.29, 1.82) is 5.26 Å². The maximum atomic E-state index is 17.1. The van der Waals surface area contributed by atoms with Crippen molar-refractivity contribution < 1.29 is 27.0 Å². The van der Waals surface area contributed by atoms with E-state index in [9.17, 15) is 18.4 Å². The Balaban J connectivity index is 1.35. The van der Waals surface area contributed by atoms with E-state index < -0.39 is 23.6 Å². The molecule has 0 amide bonds. The Morgan fingerprint density at radius 2 is 1.93 bits per heavy atom. The fraction of sp³-hybridized carbons (Fsp3) is 0.467. The van der Waals surface area contributed by atoms with Gasteiger partial charge in [-0.15, -0.1) is 11.3 Å². The third kappa shape index (κ3) is 4.41. The average molecular weight is 641 g/mol. The first-order valence-electron chi connectivity index (χ1n) is 14.7. The fourth-order valence-electron chi connectivity index (χ4n) is 7.42. The molecule has 0 spiro atoms. The number of pyridine rings is 1. The summed E-state index contributed by atoms with van der Waals surface area (Å²) in [6.07, 6.45) is 2.47. The lowest BCUT2D eigenvalue weighted by atomic mass is 9.93. The van der Waals surface area contributed by atoms with Crippen molar-refractivity contribution in [1.82, 2.24) is 25.2 Å². The molecule has 3 saturated heterocycles. The maximum absolute atomic E-state index is 17.1. The SMILES string of the molecule is CN1CC(F)(F)CC1COc1nc(N2C3CCC2CNC3)c2c3c(c(-c4ncc(F)c5sc(N)c(C#N)c45)c(F)c2n1)COC3. The Kier molecular flexibility index (Phi) is 6.58. The van der Waals surface area contributed by atoms with Crippen LogP contribution in [0.15, 0.2) is 6.20 Å². The predicted octanol–water partition coefficient (Wildman–Crippen LogP) is 4.33. The monoisotopic (exact) mass is 640 g/mol. The molecule has 0 aliphatic carbocycles. The van der Waals surface area contributed by atoms with Crippen LogP contribution in [-0.4, -0.2) is 77.2 Å². The molecule has 7 heterocycles. The van der Waals surface area contributed by atoms with Gasteiger partial charge in [-0.25, -0.2) is 17.6 Å². The fourth-order valence-corrected chi connectivity index (χ4v) is 8.34. The maximum Gasteiger partial charge on any atom is 0.319 e. The molecule has 0 radical (unpaired) electrons. The van der Waals surface area contributed by atoms with Crippen LogP contribution in [0.25, 0.3) is 32.2 Å². The smallest absolute Gasteiger partial charge is 0.319 e. The number of hydrogen-bond donors (Lipinski definition) is 2. The molecule has 10 nitrogen and oxygen atoms in total. The average Bonchev–Trinajstić information content (AvgIpc) is 3.74.